The van der Waals surface area contributed by atoms with Crippen LogP contribution in [0.4, 0.5) is 11.5 Å². The number of ether oxygens (including phenoxy) is 1. The lowest BCUT2D eigenvalue weighted by molar-refractivity contribution is 0.102. The largest absolute Gasteiger partial charge is 0.383 e. The minimum Gasteiger partial charge on any atom is -0.383 e. The number of anilines is 2. The Hall–Kier alpha value is -1.76. The fourth-order valence-corrected chi connectivity index (χ4v) is 3.02. The van der Waals surface area contributed by atoms with Crippen molar-refractivity contribution in [2.45, 2.75) is 51.0 Å². The van der Waals surface area contributed by atoms with Crippen LogP contribution in [0.3, 0.4) is 0 Å². The summed E-state index contributed by atoms with van der Waals surface area (Å²) in [4.78, 5) is 25.7. The Morgan fingerprint density at radius 3 is 2.84 bits per heavy atom. The van der Waals surface area contributed by atoms with E-state index in [2.05, 4.69) is 10.3 Å². The Morgan fingerprint density at radius 1 is 1.47 bits per heavy atom. The summed E-state index contributed by atoms with van der Waals surface area (Å²) >= 11 is 0. The first-order valence-electron chi connectivity index (χ1n) is 6.64. The van der Waals surface area contributed by atoms with E-state index in [1.54, 1.807) is 6.92 Å². The molecule has 4 N–H and O–H groups in total. The van der Waals surface area contributed by atoms with E-state index >= 15 is 0 Å². The molecule has 0 amide bonds. The van der Waals surface area contributed by atoms with Gasteiger partial charge in [0.05, 0.1) is 18.2 Å². The fraction of sp³-hybridized carbons (Fsp3) is 0.667. The molecule has 2 saturated heterocycles. The van der Waals surface area contributed by atoms with Crippen LogP contribution in [0.25, 0.3) is 0 Å². The highest BCUT2D eigenvalue weighted by Gasteiger charge is 2.41. The third kappa shape index (κ3) is 1.94. The molecule has 3 unspecified atom stereocenters. The van der Waals surface area contributed by atoms with Crippen LogP contribution < -0.4 is 22.3 Å². The quantitative estimate of drug-likeness (QED) is 0.707. The number of nitrogens with zero attached hydrogens (tertiary/aromatic N) is 1. The monoisotopic (exact) mass is 266 g/mol. The summed E-state index contributed by atoms with van der Waals surface area (Å²) in [7, 11) is 0. The van der Waals surface area contributed by atoms with E-state index in [4.69, 9.17) is 10.5 Å². The van der Waals surface area contributed by atoms with E-state index in [0.29, 0.717) is 12.6 Å². The highest BCUT2D eigenvalue weighted by atomic mass is 16.5. The van der Waals surface area contributed by atoms with Gasteiger partial charge in [0.25, 0.3) is 5.56 Å². The zero-order valence-corrected chi connectivity index (χ0v) is 10.8. The predicted octanol–water partition coefficient (Wildman–Crippen LogP) is -0.129. The second kappa shape index (κ2) is 4.41. The molecule has 7 nitrogen and oxygen atoms in total. The molecule has 2 bridgehead atoms. The molecule has 1 aromatic heterocycles. The lowest BCUT2D eigenvalue weighted by atomic mass is 9.95. The lowest BCUT2D eigenvalue weighted by Crippen LogP contribution is -2.38. The van der Waals surface area contributed by atoms with Crippen molar-refractivity contribution in [1.82, 2.24) is 9.55 Å². The van der Waals surface area contributed by atoms with Crippen LogP contribution in [-0.4, -0.2) is 27.8 Å². The SMILES string of the molecule is CCn1c(N)c(NC2CC3CCC2O3)c(=O)[nH]c1=O. The van der Waals surface area contributed by atoms with Crippen molar-refractivity contribution in [3.8, 4) is 0 Å². The van der Waals surface area contributed by atoms with E-state index in [1.807, 2.05) is 0 Å². The topological polar surface area (TPSA) is 102 Å². The number of aromatic nitrogens is 2. The van der Waals surface area contributed by atoms with Crippen molar-refractivity contribution in [3.05, 3.63) is 20.8 Å². The summed E-state index contributed by atoms with van der Waals surface area (Å²) in [5.74, 6) is 0.194. The number of nitrogens with one attached hydrogen (secondary N) is 2. The summed E-state index contributed by atoms with van der Waals surface area (Å²) in [6.45, 7) is 2.23. The Morgan fingerprint density at radius 2 is 2.26 bits per heavy atom. The smallest absolute Gasteiger partial charge is 0.330 e. The minimum absolute atomic E-state index is 0.102. The van der Waals surface area contributed by atoms with Crippen LogP contribution >= 0.6 is 0 Å². The molecule has 0 aliphatic carbocycles. The van der Waals surface area contributed by atoms with Gasteiger partial charge in [0.1, 0.15) is 11.5 Å². The normalized spacial score (nSPS) is 28.8. The number of aromatic amines is 1. The molecule has 1 aromatic rings. The number of fused-ring (bicyclic) bond motifs is 2. The van der Waals surface area contributed by atoms with E-state index in [1.165, 1.54) is 4.57 Å². The van der Waals surface area contributed by atoms with E-state index in [0.717, 1.165) is 19.3 Å². The maximum absolute atomic E-state index is 11.9. The highest BCUT2D eigenvalue weighted by molar-refractivity contribution is 5.61. The molecular weight excluding hydrogens is 248 g/mol. The summed E-state index contributed by atoms with van der Waals surface area (Å²) in [6, 6.07) is 0.102. The van der Waals surface area contributed by atoms with Crippen molar-refractivity contribution in [1.29, 1.82) is 0 Å². The number of rotatable bonds is 3. The van der Waals surface area contributed by atoms with Gasteiger partial charge in [-0.2, -0.15) is 0 Å². The average Bonchev–Trinajstić information content (AvgIpc) is 2.96. The standard InChI is InChI=1S/C12H18N4O3/c1-2-16-10(13)9(11(17)15-12(16)18)14-7-5-6-3-4-8(7)19-6/h6-8,14H,2-5,13H2,1H3,(H,15,17,18). The second-order valence-electron chi connectivity index (χ2n) is 5.12. The molecule has 2 fully saturated rings. The molecule has 0 aromatic carbocycles. The van der Waals surface area contributed by atoms with Gasteiger partial charge in [-0.25, -0.2) is 4.79 Å². The Kier molecular flexibility index (Phi) is 2.85. The van der Waals surface area contributed by atoms with Crippen LogP contribution in [0.5, 0.6) is 0 Å². The molecule has 7 heteroatoms. The first-order chi connectivity index (χ1) is 9.10. The van der Waals surface area contributed by atoms with Gasteiger partial charge in [0.15, 0.2) is 0 Å². The summed E-state index contributed by atoms with van der Waals surface area (Å²) in [5.41, 5.74) is 5.26. The molecule has 0 spiro atoms. The summed E-state index contributed by atoms with van der Waals surface area (Å²) in [5, 5.41) is 3.16. The predicted molar refractivity (Wildman–Crippen MR) is 71.3 cm³/mol. The van der Waals surface area contributed by atoms with Gasteiger partial charge in [-0.15, -0.1) is 0 Å². The van der Waals surface area contributed by atoms with E-state index in [-0.39, 0.29) is 23.7 Å². The van der Waals surface area contributed by atoms with Crippen LogP contribution in [-0.2, 0) is 11.3 Å². The van der Waals surface area contributed by atoms with Crippen LogP contribution in [0.15, 0.2) is 9.59 Å². The van der Waals surface area contributed by atoms with Crippen molar-refractivity contribution in [2.24, 2.45) is 0 Å². The fourth-order valence-electron chi connectivity index (χ4n) is 3.02. The maximum Gasteiger partial charge on any atom is 0.330 e. The molecule has 2 aliphatic rings. The van der Waals surface area contributed by atoms with Gasteiger partial charge in [0, 0.05) is 6.54 Å². The van der Waals surface area contributed by atoms with Gasteiger partial charge in [-0.05, 0) is 26.2 Å². The number of hydrogen-bond donors (Lipinski definition) is 3. The van der Waals surface area contributed by atoms with E-state index < -0.39 is 11.2 Å². The van der Waals surface area contributed by atoms with Gasteiger partial charge >= 0.3 is 5.69 Å². The molecular formula is C12H18N4O3. The third-order valence-corrected chi connectivity index (χ3v) is 3.99. The average molecular weight is 266 g/mol. The molecule has 3 atom stereocenters. The molecule has 3 heterocycles. The Bertz CT molecular complexity index is 606. The van der Waals surface area contributed by atoms with E-state index in [9.17, 15) is 9.59 Å². The van der Waals surface area contributed by atoms with Crippen LogP contribution in [0.1, 0.15) is 26.2 Å². The molecule has 19 heavy (non-hydrogen) atoms. The number of nitrogens with two attached hydrogens (primary N) is 1. The number of H-pyrrole nitrogens is 1. The molecule has 104 valence electrons. The lowest BCUT2D eigenvalue weighted by Gasteiger charge is -2.22. The second-order valence-corrected chi connectivity index (χ2v) is 5.12. The zero-order valence-electron chi connectivity index (χ0n) is 10.8. The van der Waals surface area contributed by atoms with Crippen molar-refractivity contribution in [3.63, 3.8) is 0 Å². The van der Waals surface area contributed by atoms with Gasteiger partial charge < -0.3 is 15.8 Å². The first kappa shape index (κ1) is 12.3. The Balaban J connectivity index is 1.93. The minimum atomic E-state index is -0.472. The maximum atomic E-state index is 11.9. The Labute approximate surface area is 109 Å². The zero-order chi connectivity index (χ0) is 13.6. The molecule has 0 radical (unpaired) electrons. The summed E-state index contributed by atoms with van der Waals surface area (Å²) in [6.07, 6.45) is 3.41. The van der Waals surface area contributed by atoms with Gasteiger partial charge in [-0.3, -0.25) is 14.3 Å². The summed E-state index contributed by atoms with van der Waals surface area (Å²) < 4.78 is 7.08. The van der Waals surface area contributed by atoms with Crippen molar-refractivity contribution in [2.75, 3.05) is 11.1 Å². The molecule has 3 rings (SSSR count). The van der Waals surface area contributed by atoms with Crippen molar-refractivity contribution < 1.29 is 4.74 Å². The highest BCUT2D eigenvalue weighted by Crippen LogP contribution is 2.35. The number of hydrogen-bond acceptors (Lipinski definition) is 5. The van der Waals surface area contributed by atoms with Crippen molar-refractivity contribution >= 4 is 11.5 Å². The van der Waals surface area contributed by atoms with Gasteiger partial charge in [-0.1, -0.05) is 0 Å². The van der Waals surface area contributed by atoms with Gasteiger partial charge in [0.2, 0.25) is 0 Å². The molecule has 2 aliphatic heterocycles. The van der Waals surface area contributed by atoms with Crippen LogP contribution in [0.2, 0.25) is 0 Å². The number of nitrogen functional groups attached to an aromatic ring is 1. The molecule has 0 saturated carbocycles. The van der Waals surface area contributed by atoms with Crippen LogP contribution in [0, 0.1) is 0 Å². The third-order valence-electron chi connectivity index (χ3n) is 3.99. The first-order valence-corrected chi connectivity index (χ1v) is 6.64.